The zero-order valence-corrected chi connectivity index (χ0v) is 14.0. The molecule has 3 aromatic rings. The molecule has 0 aliphatic heterocycles. The van der Waals surface area contributed by atoms with Gasteiger partial charge in [-0.15, -0.1) is 10.2 Å². The molecule has 7 heteroatoms. The second kappa shape index (κ2) is 6.46. The Labute approximate surface area is 141 Å². The van der Waals surface area contributed by atoms with Crippen LogP contribution in [0.25, 0.3) is 11.4 Å². The minimum Gasteiger partial charge on any atom is -0.496 e. The molecule has 0 amide bonds. The maximum atomic E-state index is 6.03. The standard InChI is InChI=1S/C15H12BrClN4O/c1-22-14-7-6-11(17)8-10(14)9-21-19-15(18-20-21)12-4-2-3-5-13(12)16/h2-8H,9H2,1H3. The number of tetrazole rings is 1. The number of methoxy groups -OCH3 is 1. The molecule has 0 spiro atoms. The molecule has 0 fully saturated rings. The molecule has 1 aromatic heterocycles. The van der Waals surface area contributed by atoms with Gasteiger partial charge in [0.1, 0.15) is 5.75 Å². The number of hydrogen-bond donors (Lipinski definition) is 0. The van der Waals surface area contributed by atoms with Crippen LogP contribution in [0, 0.1) is 0 Å². The van der Waals surface area contributed by atoms with Gasteiger partial charge >= 0.3 is 0 Å². The van der Waals surface area contributed by atoms with E-state index in [0.717, 1.165) is 21.3 Å². The molecule has 0 aliphatic rings. The van der Waals surface area contributed by atoms with Crippen molar-refractivity contribution in [1.29, 1.82) is 0 Å². The van der Waals surface area contributed by atoms with Crippen LogP contribution in [-0.2, 0) is 6.54 Å². The smallest absolute Gasteiger partial charge is 0.206 e. The van der Waals surface area contributed by atoms with Gasteiger partial charge in [-0.05, 0) is 35.5 Å². The van der Waals surface area contributed by atoms with Crippen molar-refractivity contribution in [2.45, 2.75) is 6.54 Å². The molecule has 0 saturated carbocycles. The maximum absolute atomic E-state index is 6.03. The first-order valence-corrected chi connectivity index (χ1v) is 7.69. The van der Waals surface area contributed by atoms with E-state index in [2.05, 4.69) is 31.3 Å². The Morgan fingerprint density at radius 2 is 2.05 bits per heavy atom. The average Bonchev–Trinajstić information content (AvgIpc) is 2.96. The highest BCUT2D eigenvalue weighted by Gasteiger charge is 2.11. The highest BCUT2D eigenvalue weighted by atomic mass is 79.9. The summed E-state index contributed by atoms with van der Waals surface area (Å²) in [5.41, 5.74) is 1.79. The number of nitrogens with zero attached hydrogens (tertiary/aromatic N) is 4. The highest BCUT2D eigenvalue weighted by molar-refractivity contribution is 9.10. The minimum atomic E-state index is 0.432. The van der Waals surface area contributed by atoms with Gasteiger partial charge < -0.3 is 4.74 Å². The normalized spacial score (nSPS) is 10.7. The lowest BCUT2D eigenvalue weighted by Crippen LogP contribution is -2.05. The number of ether oxygens (including phenoxy) is 1. The molecule has 0 N–H and O–H groups in total. The van der Waals surface area contributed by atoms with Crippen molar-refractivity contribution in [3.05, 3.63) is 57.5 Å². The molecule has 5 nitrogen and oxygen atoms in total. The molecular formula is C15H12BrClN4O. The SMILES string of the molecule is COc1ccc(Cl)cc1Cn1nnc(-c2ccccc2Br)n1. The molecule has 0 saturated heterocycles. The second-order valence-electron chi connectivity index (χ2n) is 4.58. The Morgan fingerprint density at radius 1 is 1.23 bits per heavy atom. The first-order valence-electron chi connectivity index (χ1n) is 6.52. The van der Waals surface area contributed by atoms with Crippen LogP contribution >= 0.6 is 27.5 Å². The van der Waals surface area contributed by atoms with E-state index < -0.39 is 0 Å². The van der Waals surface area contributed by atoms with E-state index >= 15 is 0 Å². The monoisotopic (exact) mass is 378 g/mol. The van der Waals surface area contributed by atoms with Crippen LogP contribution in [0.1, 0.15) is 5.56 Å². The Bertz CT molecular complexity index is 806. The molecule has 0 radical (unpaired) electrons. The first-order chi connectivity index (χ1) is 10.7. The molecule has 2 aromatic carbocycles. The molecule has 0 aliphatic carbocycles. The average molecular weight is 380 g/mol. The first kappa shape index (κ1) is 15.0. The van der Waals surface area contributed by atoms with Crippen LogP contribution in [0.2, 0.25) is 5.02 Å². The zero-order valence-electron chi connectivity index (χ0n) is 11.7. The number of rotatable bonds is 4. The van der Waals surface area contributed by atoms with Crippen LogP contribution in [0.3, 0.4) is 0 Å². The van der Waals surface area contributed by atoms with E-state index in [1.165, 1.54) is 4.80 Å². The summed E-state index contributed by atoms with van der Waals surface area (Å²) < 4.78 is 6.25. The summed E-state index contributed by atoms with van der Waals surface area (Å²) in [6.07, 6.45) is 0. The van der Waals surface area contributed by atoms with Gasteiger partial charge in [-0.2, -0.15) is 4.80 Å². The van der Waals surface area contributed by atoms with E-state index in [0.29, 0.717) is 17.4 Å². The van der Waals surface area contributed by atoms with Gasteiger partial charge in [-0.3, -0.25) is 0 Å². The van der Waals surface area contributed by atoms with Crippen molar-refractivity contribution < 1.29 is 4.74 Å². The van der Waals surface area contributed by atoms with Crippen LogP contribution in [0.15, 0.2) is 46.9 Å². The molecule has 1 heterocycles. The molecule has 22 heavy (non-hydrogen) atoms. The third kappa shape index (κ3) is 3.13. The van der Waals surface area contributed by atoms with Gasteiger partial charge in [0, 0.05) is 20.6 Å². The van der Waals surface area contributed by atoms with Crippen molar-refractivity contribution in [2.75, 3.05) is 7.11 Å². The van der Waals surface area contributed by atoms with Crippen LogP contribution in [0.4, 0.5) is 0 Å². The fourth-order valence-electron chi connectivity index (χ4n) is 2.08. The Kier molecular flexibility index (Phi) is 4.40. The van der Waals surface area contributed by atoms with Gasteiger partial charge in [0.05, 0.1) is 13.7 Å². The summed E-state index contributed by atoms with van der Waals surface area (Å²) in [6, 6.07) is 13.2. The summed E-state index contributed by atoms with van der Waals surface area (Å²) in [5, 5.41) is 13.2. The molecule has 0 atom stereocenters. The Hall–Kier alpha value is -1.92. The topological polar surface area (TPSA) is 52.8 Å². The number of halogens is 2. The van der Waals surface area contributed by atoms with E-state index in [1.807, 2.05) is 36.4 Å². The van der Waals surface area contributed by atoms with Gasteiger partial charge in [0.25, 0.3) is 0 Å². The summed E-state index contributed by atoms with van der Waals surface area (Å²) in [5.74, 6) is 1.30. The van der Waals surface area contributed by atoms with Gasteiger partial charge in [0.2, 0.25) is 5.82 Å². The molecule has 0 bridgehead atoms. The number of hydrogen-bond acceptors (Lipinski definition) is 4. The van der Waals surface area contributed by atoms with Gasteiger partial charge in [0.15, 0.2) is 0 Å². The summed E-state index contributed by atoms with van der Waals surface area (Å²) >= 11 is 9.52. The summed E-state index contributed by atoms with van der Waals surface area (Å²) in [7, 11) is 1.62. The van der Waals surface area contributed by atoms with E-state index in [-0.39, 0.29) is 0 Å². The summed E-state index contributed by atoms with van der Waals surface area (Å²) in [4.78, 5) is 1.52. The van der Waals surface area contributed by atoms with E-state index in [9.17, 15) is 0 Å². The summed E-state index contributed by atoms with van der Waals surface area (Å²) in [6.45, 7) is 0.432. The number of aromatic nitrogens is 4. The highest BCUT2D eigenvalue weighted by Crippen LogP contribution is 2.25. The molecule has 0 unspecified atom stereocenters. The maximum Gasteiger partial charge on any atom is 0.206 e. The predicted molar refractivity (Wildman–Crippen MR) is 88.1 cm³/mol. The minimum absolute atomic E-state index is 0.432. The predicted octanol–water partition coefficient (Wildman–Crippen LogP) is 3.81. The lowest BCUT2D eigenvalue weighted by molar-refractivity contribution is 0.405. The van der Waals surface area contributed by atoms with Crippen molar-refractivity contribution in [1.82, 2.24) is 20.2 Å². The lowest BCUT2D eigenvalue weighted by Gasteiger charge is -2.07. The largest absolute Gasteiger partial charge is 0.496 e. The van der Waals surface area contributed by atoms with Gasteiger partial charge in [-0.1, -0.05) is 39.7 Å². The molecule has 3 rings (SSSR count). The molecule has 112 valence electrons. The molecular weight excluding hydrogens is 368 g/mol. The fraction of sp³-hybridized carbons (Fsp3) is 0.133. The van der Waals surface area contributed by atoms with Crippen molar-refractivity contribution in [3.63, 3.8) is 0 Å². The lowest BCUT2D eigenvalue weighted by atomic mass is 10.2. The van der Waals surface area contributed by atoms with Crippen molar-refractivity contribution in [3.8, 4) is 17.1 Å². The van der Waals surface area contributed by atoms with Crippen LogP contribution < -0.4 is 4.74 Å². The van der Waals surface area contributed by atoms with Crippen molar-refractivity contribution >= 4 is 27.5 Å². The van der Waals surface area contributed by atoms with E-state index in [4.69, 9.17) is 16.3 Å². The third-order valence-electron chi connectivity index (χ3n) is 3.12. The van der Waals surface area contributed by atoms with Crippen LogP contribution in [0.5, 0.6) is 5.75 Å². The zero-order chi connectivity index (χ0) is 15.5. The van der Waals surface area contributed by atoms with Crippen molar-refractivity contribution in [2.24, 2.45) is 0 Å². The van der Waals surface area contributed by atoms with Crippen LogP contribution in [-0.4, -0.2) is 27.3 Å². The van der Waals surface area contributed by atoms with Gasteiger partial charge in [-0.25, -0.2) is 0 Å². The van der Waals surface area contributed by atoms with E-state index in [1.54, 1.807) is 13.2 Å². The second-order valence-corrected chi connectivity index (χ2v) is 5.87. The quantitative estimate of drug-likeness (QED) is 0.691. The fourth-order valence-corrected chi connectivity index (χ4v) is 2.74. The third-order valence-corrected chi connectivity index (χ3v) is 4.05. The Morgan fingerprint density at radius 3 is 2.82 bits per heavy atom. The Balaban J connectivity index is 1.89. The number of benzene rings is 2.